The zero-order chi connectivity index (χ0) is 29.6. The van der Waals surface area contributed by atoms with E-state index >= 15 is 0 Å². The average Bonchev–Trinajstić information content (AvgIpc) is 3.19. The van der Waals surface area contributed by atoms with Gasteiger partial charge in [-0.2, -0.15) is 8.42 Å². The van der Waals surface area contributed by atoms with E-state index in [-0.39, 0.29) is 40.8 Å². The zero-order valence-corrected chi connectivity index (χ0v) is 26.6. The van der Waals surface area contributed by atoms with Gasteiger partial charge < -0.3 is 15.5 Å². The summed E-state index contributed by atoms with van der Waals surface area (Å²) in [5.41, 5.74) is 0.348. The van der Waals surface area contributed by atoms with E-state index < -0.39 is 21.9 Å². The molecule has 0 unspecified atom stereocenters. The van der Waals surface area contributed by atoms with Crippen LogP contribution in [0, 0.1) is 58.2 Å². The number of carbonyl (C=O) groups is 1. The molecule has 40 heavy (non-hydrogen) atoms. The summed E-state index contributed by atoms with van der Waals surface area (Å²) in [6.45, 7) is 13.4. The Bertz CT molecular complexity index is 1000. The SMILES string of the molecule is CC[C@H]1[C@@H](O)[C@@H]2[C@H](CC[C@]3(C)[C@@H]([C@H](C)CCC(=O)N[C@@H](CC(C)C)CS(=O)(=O)O)CC[C@@H]23)[C@@]2(C)CC[C@@H](O)C[C@@H]12. The van der Waals surface area contributed by atoms with Crippen LogP contribution in [0.1, 0.15) is 112 Å². The van der Waals surface area contributed by atoms with Gasteiger partial charge in [-0.15, -0.1) is 0 Å². The molecule has 7 nitrogen and oxygen atoms in total. The van der Waals surface area contributed by atoms with Crippen molar-refractivity contribution in [3.05, 3.63) is 0 Å². The highest BCUT2D eigenvalue weighted by Crippen LogP contribution is 2.69. The van der Waals surface area contributed by atoms with E-state index in [2.05, 4.69) is 33.0 Å². The van der Waals surface area contributed by atoms with E-state index in [1.54, 1.807) is 0 Å². The molecule has 4 saturated carbocycles. The highest BCUT2D eigenvalue weighted by atomic mass is 32.2. The third-order valence-electron chi connectivity index (χ3n) is 12.5. The molecular formula is C32H57NO6S. The first kappa shape index (κ1) is 32.2. The van der Waals surface area contributed by atoms with Crippen LogP contribution in [-0.4, -0.2) is 53.1 Å². The summed E-state index contributed by atoms with van der Waals surface area (Å²) in [4.78, 5) is 12.9. The lowest BCUT2D eigenvalue weighted by Gasteiger charge is -2.64. The first-order valence-electron chi connectivity index (χ1n) is 16.2. The molecule has 0 aromatic heterocycles. The molecular weight excluding hydrogens is 526 g/mol. The number of nitrogens with one attached hydrogen (secondary N) is 1. The van der Waals surface area contributed by atoms with Crippen LogP contribution < -0.4 is 5.32 Å². The predicted molar refractivity (Wildman–Crippen MR) is 158 cm³/mol. The maximum Gasteiger partial charge on any atom is 0.266 e. The van der Waals surface area contributed by atoms with E-state index in [1.807, 2.05) is 13.8 Å². The first-order valence-corrected chi connectivity index (χ1v) is 17.8. The number of carbonyl (C=O) groups excluding carboxylic acids is 1. The Morgan fingerprint density at radius 1 is 0.975 bits per heavy atom. The molecule has 4 aliphatic carbocycles. The minimum absolute atomic E-state index is 0.142. The van der Waals surface area contributed by atoms with Crippen molar-refractivity contribution in [2.75, 3.05) is 5.75 Å². The van der Waals surface area contributed by atoms with E-state index in [4.69, 9.17) is 0 Å². The molecule has 1 amide bonds. The van der Waals surface area contributed by atoms with E-state index in [0.717, 1.165) is 51.4 Å². The fourth-order valence-corrected chi connectivity index (χ4v) is 11.5. The highest BCUT2D eigenvalue weighted by Gasteiger charge is 2.64. The van der Waals surface area contributed by atoms with Crippen molar-refractivity contribution >= 4 is 16.0 Å². The molecule has 4 aliphatic rings. The third-order valence-corrected chi connectivity index (χ3v) is 13.3. The Hall–Kier alpha value is -0.700. The lowest BCUT2D eigenvalue weighted by atomic mass is 9.41. The Labute approximate surface area is 243 Å². The molecule has 0 aromatic rings. The fourth-order valence-electron chi connectivity index (χ4n) is 10.8. The van der Waals surface area contributed by atoms with E-state index in [9.17, 15) is 28.0 Å². The van der Waals surface area contributed by atoms with Crippen molar-refractivity contribution in [3.8, 4) is 0 Å². The van der Waals surface area contributed by atoms with E-state index in [0.29, 0.717) is 48.3 Å². The summed E-state index contributed by atoms with van der Waals surface area (Å²) >= 11 is 0. The number of aliphatic hydroxyl groups is 2. The maximum atomic E-state index is 12.9. The van der Waals surface area contributed by atoms with Gasteiger partial charge in [-0.3, -0.25) is 9.35 Å². The van der Waals surface area contributed by atoms with Gasteiger partial charge in [0.15, 0.2) is 0 Å². The second-order valence-corrected chi connectivity index (χ2v) is 16.8. The first-order chi connectivity index (χ1) is 18.6. The highest BCUT2D eigenvalue weighted by molar-refractivity contribution is 7.85. The summed E-state index contributed by atoms with van der Waals surface area (Å²) in [5, 5.41) is 25.3. The van der Waals surface area contributed by atoms with Gasteiger partial charge in [0.2, 0.25) is 5.91 Å². The molecule has 0 spiro atoms. The fraction of sp³-hybridized carbons (Fsp3) is 0.969. The summed E-state index contributed by atoms with van der Waals surface area (Å²) in [7, 11) is -4.16. The summed E-state index contributed by atoms with van der Waals surface area (Å²) in [6.07, 6.45) is 9.41. The largest absolute Gasteiger partial charge is 0.393 e. The van der Waals surface area contributed by atoms with Crippen LogP contribution in [-0.2, 0) is 14.9 Å². The second kappa shape index (κ2) is 12.1. The van der Waals surface area contributed by atoms with Gasteiger partial charge in [-0.05, 0) is 116 Å². The molecule has 0 bridgehead atoms. The molecule has 4 N–H and O–H groups in total. The van der Waals surface area contributed by atoms with Crippen LogP contribution in [0.4, 0.5) is 0 Å². The monoisotopic (exact) mass is 583 g/mol. The van der Waals surface area contributed by atoms with Gasteiger partial charge in [0.05, 0.1) is 18.0 Å². The standard InChI is InChI=1S/C32H57NO6S/c1-7-23-27-17-22(34)12-14-32(27,6)26-13-15-31(5)24(9-10-25(31)29(26)30(23)36)20(4)8-11-28(35)33-21(16-19(2)3)18-40(37,38)39/h19-27,29-30,34,36H,7-18H2,1-6H3,(H,33,35)(H,37,38,39)/t20-,21+,22-,23-,24-,25+,26+,27+,29+,30-,31-,32-/m1/s1. The number of amides is 1. The number of fused-ring (bicyclic) bond motifs is 5. The Morgan fingerprint density at radius 3 is 2.25 bits per heavy atom. The van der Waals surface area contributed by atoms with Crippen LogP contribution in [0.3, 0.4) is 0 Å². The second-order valence-electron chi connectivity index (χ2n) is 15.3. The number of hydrogen-bond donors (Lipinski definition) is 4. The molecule has 0 heterocycles. The zero-order valence-electron chi connectivity index (χ0n) is 25.8. The predicted octanol–water partition coefficient (Wildman–Crippen LogP) is 5.45. The normalized spacial score (nSPS) is 43.0. The number of rotatable bonds is 10. The molecule has 12 atom stereocenters. The van der Waals surface area contributed by atoms with Gasteiger partial charge in [0.25, 0.3) is 10.1 Å². The third kappa shape index (κ3) is 6.30. The van der Waals surface area contributed by atoms with Crippen LogP contribution in [0.15, 0.2) is 0 Å². The molecule has 232 valence electrons. The average molecular weight is 584 g/mol. The van der Waals surface area contributed by atoms with E-state index in [1.165, 1.54) is 6.42 Å². The van der Waals surface area contributed by atoms with Gasteiger partial charge in [0, 0.05) is 12.5 Å². The minimum atomic E-state index is -4.16. The molecule has 0 radical (unpaired) electrons. The van der Waals surface area contributed by atoms with Crippen molar-refractivity contribution in [2.24, 2.45) is 58.2 Å². The van der Waals surface area contributed by atoms with Crippen molar-refractivity contribution in [1.82, 2.24) is 5.32 Å². The lowest BCUT2D eigenvalue weighted by molar-refractivity contribution is -0.203. The molecule has 0 saturated heterocycles. The smallest absolute Gasteiger partial charge is 0.266 e. The summed E-state index contributed by atoms with van der Waals surface area (Å²) < 4.78 is 32.3. The maximum absolute atomic E-state index is 12.9. The quantitative estimate of drug-likeness (QED) is 0.254. The summed E-state index contributed by atoms with van der Waals surface area (Å²) in [5.74, 6) is 2.45. The minimum Gasteiger partial charge on any atom is -0.393 e. The van der Waals surface area contributed by atoms with Crippen molar-refractivity contribution in [3.63, 3.8) is 0 Å². The Balaban J connectivity index is 1.43. The van der Waals surface area contributed by atoms with Gasteiger partial charge >= 0.3 is 0 Å². The van der Waals surface area contributed by atoms with Gasteiger partial charge in [-0.25, -0.2) is 0 Å². The molecule has 4 rings (SSSR count). The number of hydrogen-bond acceptors (Lipinski definition) is 5. The van der Waals surface area contributed by atoms with Crippen LogP contribution in [0.2, 0.25) is 0 Å². The Morgan fingerprint density at radius 2 is 1.62 bits per heavy atom. The van der Waals surface area contributed by atoms with Crippen molar-refractivity contribution < 1.29 is 28.0 Å². The van der Waals surface area contributed by atoms with Crippen LogP contribution in [0.25, 0.3) is 0 Å². The Kier molecular flexibility index (Phi) is 9.76. The van der Waals surface area contributed by atoms with Crippen LogP contribution in [0.5, 0.6) is 0 Å². The van der Waals surface area contributed by atoms with Gasteiger partial charge in [0.1, 0.15) is 0 Å². The van der Waals surface area contributed by atoms with Crippen molar-refractivity contribution in [2.45, 2.75) is 130 Å². The van der Waals surface area contributed by atoms with Crippen LogP contribution >= 0.6 is 0 Å². The number of aliphatic hydroxyl groups excluding tert-OH is 2. The topological polar surface area (TPSA) is 124 Å². The summed E-state index contributed by atoms with van der Waals surface area (Å²) in [6, 6.07) is -0.577. The molecule has 0 aliphatic heterocycles. The van der Waals surface area contributed by atoms with Crippen molar-refractivity contribution in [1.29, 1.82) is 0 Å². The van der Waals surface area contributed by atoms with Gasteiger partial charge in [-0.1, -0.05) is 48.0 Å². The molecule has 8 heteroatoms. The lowest BCUT2D eigenvalue weighted by Crippen LogP contribution is -2.62. The molecule has 0 aromatic carbocycles. The molecule has 4 fully saturated rings.